The molecule has 3 atom stereocenters. The highest BCUT2D eigenvalue weighted by Gasteiger charge is 2.50. The number of rotatable bonds is 3. The molecule has 0 bridgehead atoms. The molecule has 0 aliphatic carbocycles. The number of likely N-dealkylation sites (tertiary alicyclic amines) is 1. The first-order valence-electron chi connectivity index (χ1n) is 8.76. The van der Waals surface area contributed by atoms with Crippen LogP contribution in [0.1, 0.15) is 32.8 Å². The van der Waals surface area contributed by atoms with Gasteiger partial charge in [-0.05, 0) is 38.5 Å². The van der Waals surface area contributed by atoms with Gasteiger partial charge >= 0.3 is 12.1 Å². The summed E-state index contributed by atoms with van der Waals surface area (Å²) in [6.45, 7) is 5.11. The molecule has 1 saturated heterocycles. The highest BCUT2D eigenvalue weighted by Crippen LogP contribution is 2.38. The molecule has 0 spiro atoms. The second kappa shape index (κ2) is 7.53. The van der Waals surface area contributed by atoms with Crippen molar-refractivity contribution in [2.45, 2.75) is 44.4 Å². The van der Waals surface area contributed by atoms with E-state index in [-0.39, 0.29) is 13.0 Å². The fraction of sp³-hybridized carbons (Fsp3) is 0.421. The van der Waals surface area contributed by atoms with E-state index in [0.29, 0.717) is 11.5 Å². The summed E-state index contributed by atoms with van der Waals surface area (Å²) >= 11 is 0. The number of carbonyl (C=O) groups is 2. The van der Waals surface area contributed by atoms with Gasteiger partial charge in [-0.15, -0.1) is 0 Å². The molecule has 0 saturated carbocycles. The molecule has 1 amide bonds. The fourth-order valence-corrected chi connectivity index (χ4v) is 3.34. The number of nitrogens with zero attached hydrogens (tertiary/aromatic N) is 2. The van der Waals surface area contributed by atoms with Crippen molar-refractivity contribution in [3.8, 4) is 11.5 Å². The number of ether oxygens (including phenoxy) is 1. The zero-order valence-corrected chi connectivity index (χ0v) is 17.1. The van der Waals surface area contributed by atoms with Gasteiger partial charge in [-0.1, -0.05) is 12.1 Å². The predicted octanol–water partition coefficient (Wildman–Crippen LogP) is 2.87. The number of benzene rings is 1. The molecule has 150 valence electrons. The summed E-state index contributed by atoms with van der Waals surface area (Å²) in [4.78, 5) is 30.1. The molecule has 3 rings (SSSR count). The van der Waals surface area contributed by atoms with Gasteiger partial charge < -0.3 is 18.8 Å². The van der Waals surface area contributed by atoms with Gasteiger partial charge in [0, 0.05) is 12.0 Å². The van der Waals surface area contributed by atoms with Crippen molar-refractivity contribution in [3.05, 3.63) is 42.3 Å². The summed E-state index contributed by atoms with van der Waals surface area (Å²) in [6.07, 6.45) is 2.34. The van der Waals surface area contributed by atoms with Gasteiger partial charge in [-0.3, -0.25) is 4.90 Å². The van der Waals surface area contributed by atoms with E-state index in [1.807, 2.05) is 9.47 Å². The second-order valence-corrected chi connectivity index (χ2v) is 7.95. The van der Waals surface area contributed by atoms with E-state index in [2.05, 4.69) is 4.98 Å². The number of aromatic nitrogens is 1. The van der Waals surface area contributed by atoms with E-state index in [1.54, 1.807) is 51.2 Å². The van der Waals surface area contributed by atoms with Crippen LogP contribution in [-0.4, -0.2) is 45.2 Å². The summed E-state index contributed by atoms with van der Waals surface area (Å²) in [5, 5.41) is 11.2. The Hall–Kier alpha value is -2.44. The predicted molar refractivity (Wildman–Crippen MR) is 103 cm³/mol. The van der Waals surface area contributed by atoms with Crippen molar-refractivity contribution in [1.29, 1.82) is 0 Å². The highest BCUT2D eigenvalue weighted by molar-refractivity contribution is 7.10. The van der Waals surface area contributed by atoms with Crippen molar-refractivity contribution >= 4 is 21.5 Å². The molecule has 1 aromatic carbocycles. The Labute approximate surface area is 165 Å². The van der Waals surface area contributed by atoms with Crippen LogP contribution in [0.25, 0.3) is 11.5 Å². The third-order valence-electron chi connectivity index (χ3n) is 4.46. The Morgan fingerprint density at radius 3 is 2.54 bits per heavy atom. The summed E-state index contributed by atoms with van der Waals surface area (Å²) in [7, 11) is 1.88. The van der Waals surface area contributed by atoms with E-state index in [1.165, 1.54) is 11.2 Å². The lowest BCUT2D eigenvalue weighted by Gasteiger charge is -2.28. The third-order valence-corrected chi connectivity index (χ3v) is 4.69. The van der Waals surface area contributed by atoms with Crippen molar-refractivity contribution in [1.82, 2.24) is 9.88 Å². The highest BCUT2D eigenvalue weighted by atomic mass is 31.0. The molecule has 1 N–H and O–H groups in total. The molecule has 1 aliphatic heterocycles. The minimum absolute atomic E-state index is 0.00216. The largest absolute Gasteiger partial charge is 0.450 e. The molecule has 2 unspecified atom stereocenters. The lowest BCUT2D eigenvalue weighted by atomic mass is 9.90. The third kappa shape index (κ3) is 4.18. The molecule has 1 fully saturated rings. The van der Waals surface area contributed by atoms with Crippen LogP contribution >= 0.6 is 9.47 Å². The standard InChI is InChI=1S/C19H23N2O6P/c1-18(2,3)26-17(23)21-11-19(24,10-14(21)16(22)27-28)13-6-4-12(5-7-13)15-20-8-9-25-15/h4-9,14,24H,10-11,28H2,1-3H3/t14?,19-/m0/s1. The van der Waals surface area contributed by atoms with E-state index in [9.17, 15) is 14.7 Å². The van der Waals surface area contributed by atoms with Gasteiger partial charge in [-0.25, -0.2) is 14.6 Å². The van der Waals surface area contributed by atoms with Crippen LogP contribution in [0.3, 0.4) is 0 Å². The molecule has 0 radical (unpaired) electrons. The summed E-state index contributed by atoms with van der Waals surface area (Å²) < 4.78 is 15.4. The number of hydrogen-bond acceptors (Lipinski definition) is 7. The van der Waals surface area contributed by atoms with Crippen LogP contribution in [0.5, 0.6) is 0 Å². The molecule has 2 heterocycles. The molecular formula is C19H23N2O6P. The lowest BCUT2D eigenvalue weighted by Crippen LogP contribution is -2.44. The first-order valence-corrected chi connectivity index (χ1v) is 9.23. The number of carbonyl (C=O) groups excluding carboxylic acids is 2. The summed E-state index contributed by atoms with van der Waals surface area (Å²) in [6, 6.07) is 6.02. The lowest BCUT2D eigenvalue weighted by molar-refractivity contribution is -0.138. The van der Waals surface area contributed by atoms with Crippen molar-refractivity contribution < 1.29 is 28.4 Å². The van der Waals surface area contributed by atoms with Gasteiger partial charge in [-0.2, -0.15) is 0 Å². The van der Waals surface area contributed by atoms with Crippen molar-refractivity contribution in [2.24, 2.45) is 0 Å². The Balaban J connectivity index is 1.86. The zero-order chi connectivity index (χ0) is 20.5. The minimum Gasteiger partial charge on any atom is -0.450 e. The Kier molecular flexibility index (Phi) is 5.46. The number of hydrogen-bond donors (Lipinski definition) is 1. The van der Waals surface area contributed by atoms with Crippen LogP contribution in [0, 0.1) is 0 Å². The molecule has 1 aliphatic rings. The topological polar surface area (TPSA) is 102 Å². The summed E-state index contributed by atoms with van der Waals surface area (Å²) in [5.74, 6) is -0.173. The van der Waals surface area contributed by atoms with Gasteiger partial charge in [0.05, 0.1) is 22.2 Å². The van der Waals surface area contributed by atoms with Gasteiger partial charge in [0.2, 0.25) is 5.89 Å². The average Bonchev–Trinajstić information content (AvgIpc) is 3.28. The van der Waals surface area contributed by atoms with Crippen molar-refractivity contribution in [2.75, 3.05) is 6.54 Å². The Morgan fingerprint density at radius 1 is 1.32 bits per heavy atom. The maximum absolute atomic E-state index is 12.6. The second-order valence-electron chi connectivity index (χ2n) is 7.71. The number of oxazole rings is 1. The number of aliphatic hydroxyl groups is 1. The number of β-amino-alcohol motifs (C(OH)–C–C–N with tert-alkyl or cyclic N) is 1. The van der Waals surface area contributed by atoms with Crippen LogP contribution in [0.2, 0.25) is 0 Å². The summed E-state index contributed by atoms with van der Waals surface area (Å²) in [5.41, 5.74) is -0.837. The minimum atomic E-state index is -1.42. The first-order chi connectivity index (χ1) is 13.1. The average molecular weight is 406 g/mol. The molecule has 2 aromatic rings. The monoisotopic (exact) mass is 406 g/mol. The van der Waals surface area contributed by atoms with Crippen LogP contribution in [0.15, 0.2) is 41.1 Å². The van der Waals surface area contributed by atoms with E-state index in [0.717, 1.165) is 5.56 Å². The van der Waals surface area contributed by atoms with E-state index < -0.39 is 29.3 Å². The van der Waals surface area contributed by atoms with Crippen LogP contribution in [0.4, 0.5) is 4.79 Å². The SMILES string of the molecule is CC(C)(C)OC(=O)N1C[C@](O)(c2ccc(-c3ncco3)cc2)CC1C(=O)OP. The first kappa shape index (κ1) is 20.3. The smallest absolute Gasteiger partial charge is 0.411 e. The fourth-order valence-electron chi connectivity index (χ4n) is 3.19. The maximum atomic E-state index is 12.6. The zero-order valence-electron chi connectivity index (χ0n) is 15.9. The molecule has 28 heavy (non-hydrogen) atoms. The van der Waals surface area contributed by atoms with Crippen molar-refractivity contribution in [3.63, 3.8) is 0 Å². The van der Waals surface area contributed by atoms with E-state index >= 15 is 0 Å². The van der Waals surface area contributed by atoms with Gasteiger partial charge in [0.15, 0.2) is 0 Å². The molecule has 8 nitrogen and oxygen atoms in total. The molecule has 1 aromatic heterocycles. The molecular weight excluding hydrogens is 383 g/mol. The number of amides is 1. The van der Waals surface area contributed by atoms with Gasteiger partial charge in [0.25, 0.3) is 0 Å². The maximum Gasteiger partial charge on any atom is 0.411 e. The Morgan fingerprint density at radius 2 is 2.00 bits per heavy atom. The van der Waals surface area contributed by atoms with Gasteiger partial charge in [0.1, 0.15) is 23.5 Å². The van der Waals surface area contributed by atoms with Crippen LogP contribution < -0.4 is 0 Å². The normalized spacial score (nSPS) is 22.2. The Bertz CT molecular complexity index is 846. The van der Waals surface area contributed by atoms with Crippen LogP contribution in [-0.2, 0) is 19.7 Å². The quantitative estimate of drug-likeness (QED) is 0.782. The van der Waals surface area contributed by atoms with E-state index in [4.69, 9.17) is 13.7 Å². The molecule has 9 heteroatoms.